The van der Waals surface area contributed by atoms with Crippen LogP contribution in [0.3, 0.4) is 0 Å². The summed E-state index contributed by atoms with van der Waals surface area (Å²) < 4.78 is 30.8. The quantitative estimate of drug-likeness (QED) is 0.887. The zero-order valence-corrected chi connectivity index (χ0v) is 12.3. The average molecular weight is 297 g/mol. The highest BCUT2D eigenvalue weighted by Gasteiger charge is 2.21. The van der Waals surface area contributed by atoms with Gasteiger partial charge in [0, 0.05) is 6.07 Å². The molecule has 1 aromatic carbocycles. The van der Waals surface area contributed by atoms with E-state index < -0.39 is 11.6 Å². The maximum absolute atomic E-state index is 13.4. The Balaban J connectivity index is 2.41. The third-order valence-electron chi connectivity index (χ3n) is 2.96. The van der Waals surface area contributed by atoms with Crippen molar-refractivity contribution >= 4 is 11.5 Å². The number of aryl methyl sites for hydroxylation is 1. The number of nitrogens with one attached hydrogen (secondary N) is 1. The highest BCUT2D eigenvalue weighted by molar-refractivity contribution is 7.05. The molecule has 1 N–H and O–H groups in total. The fourth-order valence-corrected chi connectivity index (χ4v) is 2.95. The second kappa shape index (κ2) is 6.85. The summed E-state index contributed by atoms with van der Waals surface area (Å²) in [6.45, 7) is 4.70. The van der Waals surface area contributed by atoms with Crippen LogP contribution in [0.4, 0.5) is 8.78 Å². The molecule has 0 bridgehead atoms. The van der Waals surface area contributed by atoms with Crippen molar-refractivity contribution in [1.82, 2.24) is 14.9 Å². The van der Waals surface area contributed by atoms with Crippen LogP contribution >= 0.6 is 11.5 Å². The number of hydrogen-bond acceptors (Lipinski definition) is 4. The summed E-state index contributed by atoms with van der Waals surface area (Å²) >= 11 is 1.28. The van der Waals surface area contributed by atoms with Gasteiger partial charge in [-0.3, -0.25) is 0 Å². The van der Waals surface area contributed by atoms with Crippen molar-refractivity contribution in [3.63, 3.8) is 0 Å². The molecule has 1 aromatic heterocycles. The number of aromatic nitrogens is 2. The van der Waals surface area contributed by atoms with E-state index in [9.17, 15) is 8.78 Å². The second-order valence-corrected chi connectivity index (χ2v) is 5.31. The summed E-state index contributed by atoms with van der Waals surface area (Å²) in [7, 11) is 0. The molecular weight excluding hydrogens is 280 g/mol. The van der Waals surface area contributed by atoms with E-state index in [1.807, 2.05) is 6.92 Å². The summed E-state index contributed by atoms with van der Waals surface area (Å²) in [6, 6.07) is 3.31. The van der Waals surface area contributed by atoms with Crippen LogP contribution < -0.4 is 5.32 Å². The molecule has 20 heavy (non-hydrogen) atoms. The van der Waals surface area contributed by atoms with Crippen LogP contribution in [0.25, 0.3) is 0 Å². The Hall–Kier alpha value is -1.40. The van der Waals surface area contributed by atoms with E-state index in [4.69, 9.17) is 0 Å². The molecule has 2 rings (SSSR count). The van der Waals surface area contributed by atoms with Crippen LogP contribution in [0.1, 0.15) is 42.4 Å². The van der Waals surface area contributed by atoms with Crippen molar-refractivity contribution in [3.8, 4) is 0 Å². The molecule has 1 atom stereocenters. The monoisotopic (exact) mass is 297 g/mol. The molecule has 0 saturated carbocycles. The molecule has 1 unspecified atom stereocenters. The first-order valence-corrected chi connectivity index (χ1v) is 7.43. The summed E-state index contributed by atoms with van der Waals surface area (Å²) in [5.74, 6) is -1.14. The van der Waals surface area contributed by atoms with E-state index in [1.54, 1.807) is 0 Å². The molecule has 0 amide bonds. The first-order valence-electron chi connectivity index (χ1n) is 6.66. The van der Waals surface area contributed by atoms with E-state index in [-0.39, 0.29) is 6.04 Å². The maximum atomic E-state index is 13.4. The number of halogens is 2. The van der Waals surface area contributed by atoms with Gasteiger partial charge >= 0.3 is 0 Å². The normalized spacial score (nSPS) is 12.6. The molecule has 6 heteroatoms. The van der Waals surface area contributed by atoms with Gasteiger partial charge in [-0.05, 0) is 42.2 Å². The molecule has 0 spiro atoms. The lowest BCUT2D eigenvalue weighted by Crippen LogP contribution is -2.22. The van der Waals surface area contributed by atoms with E-state index in [0.29, 0.717) is 12.1 Å². The van der Waals surface area contributed by atoms with E-state index >= 15 is 0 Å². The molecule has 0 aliphatic carbocycles. The Morgan fingerprint density at radius 2 is 1.90 bits per heavy atom. The summed E-state index contributed by atoms with van der Waals surface area (Å²) in [4.78, 5) is 0.929. The lowest BCUT2D eigenvalue weighted by molar-refractivity contribution is 0.565. The Morgan fingerprint density at radius 1 is 1.20 bits per heavy atom. The predicted molar refractivity (Wildman–Crippen MR) is 75.8 cm³/mol. The third kappa shape index (κ3) is 3.37. The highest BCUT2D eigenvalue weighted by atomic mass is 32.1. The molecule has 108 valence electrons. The van der Waals surface area contributed by atoms with Gasteiger partial charge in [0.2, 0.25) is 0 Å². The van der Waals surface area contributed by atoms with Crippen LogP contribution in [0, 0.1) is 11.6 Å². The Labute approximate surface area is 121 Å². The molecule has 1 heterocycles. The Bertz CT molecular complexity index is 551. The van der Waals surface area contributed by atoms with Crippen molar-refractivity contribution in [2.75, 3.05) is 6.54 Å². The molecule has 0 aliphatic heterocycles. The molecule has 3 nitrogen and oxygen atoms in total. The topological polar surface area (TPSA) is 37.8 Å². The third-order valence-corrected chi connectivity index (χ3v) is 3.79. The molecule has 0 aliphatic rings. The van der Waals surface area contributed by atoms with Crippen molar-refractivity contribution in [3.05, 3.63) is 46.0 Å². The van der Waals surface area contributed by atoms with Gasteiger partial charge in [-0.2, -0.15) is 0 Å². The van der Waals surface area contributed by atoms with Crippen molar-refractivity contribution in [1.29, 1.82) is 0 Å². The minimum atomic E-state index is -0.572. The van der Waals surface area contributed by atoms with Gasteiger partial charge in [-0.1, -0.05) is 24.8 Å². The summed E-state index contributed by atoms with van der Waals surface area (Å²) in [6.07, 6.45) is 1.76. The zero-order chi connectivity index (χ0) is 14.5. The van der Waals surface area contributed by atoms with Crippen LogP contribution in [0.5, 0.6) is 0 Å². The van der Waals surface area contributed by atoms with Gasteiger partial charge in [-0.25, -0.2) is 8.78 Å². The number of hydrogen-bond donors (Lipinski definition) is 1. The Kier molecular flexibility index (Phi) is 5.14. The van der Waals surface area contributed by atoms with E-state index in [0.717, 1.165) is 29.5 Å². The number of benzene rings is 1. The number of rotatable bonds is 6. The summed E-state index contributed by atoms with van der Waals surface area (Å²) in [5, 5.41) is 7.37. The van der Waals surface area contributed by atoms with Crippen LogP contribution in [-0.4, -0.2) is 16.1 Å². The maximum Gasteiger partial charge on any atom is 0.126 e. The van der Waals surface area contributed by atoms with Crippen LogP contribution in [-0.2, 0) is 6.42 Å². The molecular formula is C14H17F2N3S. The Morgan fingerprint density at radius 3 is 2.50 bits per heavy atom. The van der Waals surface area contributed by atoms with Gasteiger partial charge in [-0.15, -0.1) is 5.10 Å². The van der Waals surface area contributed by atoms with Crippen LogP contribution in [0.15, 0.2) is 18.2 Å². The fraction of sp³-hybridized carbons (Fsp3) is 0.429. The average Bonchev–Trinajstić information content (AvgIpc) is 2.83. The minimum absolute atomic E-state index is 0.272. The molecule has 2 aromatic rings. The predicted octanol–water partition coefficient (Wildman–Crippen LogP) is 3.47. The van der Waals surface area contributed by atoms with Gasteiger partial charge < -0.3 is 5.32 Å². The van der Waals surface area contributed by atoms with E-state index in [1.165, 1.54) is 23.7 Å². The largest absolute Gasteiger partial charge is 0.306 e. The molecule has 0 saturated heterocycles. The van der Waals surface area contributed by atoms with Gasteiger partial charge in [0.1, 0.15) is 11.6 Å². The fourth-order valence-electron chi connectivity index (χ4n) is 2.15. The molecule has 0 radical (unpaired) electrons. The SMILES string of the molecule is CCCc1nnsc1C(NCC)c1cc(F)cc(F)c1. The lowest BCUT2D eigenvalue weighted by atomic mass is 10.0. The van der Waals surface area contributed by atoms with Gasteiger partial charge in [0.25, 0.3) is 0 Å². The van der Waals surface area contributed by atoms with E-state index in [2.05, 4.69) is 21.8 Å². The second-order valence-electron chi connectivity index (χ2n) is 4.53. The first kappa shape index (κ1) is 15.0. The highest BCUT2D eigenvalue weighted by Crippen LogP contribution is 2.28. The number of nitrogens with zero attached hydrogens (tertiary/aromatic N) is 2. The van der Waals surface area contributed by atoms with Gasteiger partial charge in [0.15, 0.2) is 0 Å². The van der Waals surface area contributed by atoms with Crippen molar-refractivity contribution < 1.29 is 8.78 Å². The van der Waals surface area contributed by atoms with Crippen LogP contribution in [0.2, 0.25) is 0 Å². The smallest absolute Gasteiger partial charge is 0.126 e. The zero-order valence-electron chi connectivity index (χ0n) is 11.5. The van der Waals surface area contributed by atoms with Gasteiger partial charge in [0.05, 0.1) is 16.6 Å². The molecule has 0 fully saturated rings. The van der Waals surface area contributed by atoms with Crippen molar-refractivity contribution in [2.45, 2.75) is 32.7 Å². The summed E-state index contributed by atoms with van der Waals surface area (Å²) in [5.41, 5.74) is 1.46. The lowest BCUT2D eigenvalue weighted by Gasteiger charge is -2.17. The first-order chi connectivity index (χ1) is 9.65. The minimum Gasteiger partial charge on any atom is -0.306 e. The van der Waals surface area contributed by atoms with Crippen molar-refractivity contribution in [2.24, 2.45) is 0 Å². The standard InChI is InChI=1S/C14H17F2N3S/c1-3-5-12-14(20-19-18-12)13(17-4-2)9-6-10(15)8-11(16)7-9/h6-8,13,17H,3-5H2,1-2H3.